The van der Waals surface area contributed by atoms with Crippen molar-refractivity contribution >= 4 is 11.6 Å². The van der Waals surface area contributed by atoms with E-state index >= 15 is 0 Å². The molecule has 2 rings (SSSR count). The largest absolute Gasteiger partial charge is 0.419 e. The normalized spacial score (nSPS) is 12.1. The molecule has 2 aromatic rings. The molecule has 0 aromatic carbocycles. The number of hydrogen-bond donors (Lipinski definition) is 0. The fourth-order valence-electron chi connectivity index (χ4n) is 1.61. The summed E-state index contributed by atoms with van der Waals surface area (Å²) in [5, 5.41) is 8.15. The van der Waals surface area contributed by atoms with Gasteiger partial charge in [0.25, 0.3) is 0 Å². The molecule has 0 saturated heterocycles. The van der Waals surface area contributed by atoms with E-state index in [9.17, 15) is 13.2 Å². The second-order valence-electron chi connectivity index (χ2n) is 3.90. The summed E-state index contributed by atoms with van der Waals surface area (Å²) < 4.78 is 39.9. The van der Waals surface area contributed by atoms with E-state index in [1.54, 1.807) is 14.0 Å². The van der Waals surface area contributed by atoms with Crippen molar-refractivity contribution in [1.29, 1.82) is 0 Å². The van der Waals surface area contributed by atoms with Crippen molar-refractivity contribution in [2.24, 2.45) is 7.05 Å². The van der Waals surface area contributed by atoms with Crippen molar-refractivity contribution in [3.05, 3.63) is 34.4 Å². The quantitative estimate of drug-likeness (QED) is 0.847. The van der Waals surface area contributed by atoms with Gasteiger partial charge in [-0.2, -0.15) is 23.4 Å². The molecule has 0 amide bonds. The monoisotopic (exact) mass is 278 g/mol. The van der Waals surface area contributed by atoms with E-state index in [4.69, 9.17) is 11.6 Å². The van der Waals surface area contributed by atoms with Crippen LogP contribution in [-0.4, -0.2) is 19.6 Å². The fourth-order valence-corrected chi connectivity index (χ4v) is 1.85. The van der Waals surface area contributed by atoms with Crippen molar-refractivity contribution in [1.82, 2.24) is 19.6 Å². The highest BCUT2D eigenvalue weighted by Gasteiger charge is 2.32. The van der Waals surface area contributed by atoms with Crippen LogP contribution in [0.5, 0.6) is 0 Å². The van der Waals surface area contributed by atoms with Crippen molar-refractivity contribution < 1.29 is 13.2 Å². The molecule has 0 radical (unpaired) electrons. The lowest BCUT2D eigenvalue weighted by atomic mass is 10.2. The van der Waals surface area contributed by atoms with Crippen LogP contribution in [0.4, 0.5) is 13.2 Å². The maximum atomic E-state index is 12.4. The zero-order chi connectivity index (χ0) is 13.5. The Hall–Kier alpha value is -1.50. The molecule has 4 nitrogen and oxygen atoms in total. The Labute approximate surface area is 106 Å². The Morgan fingerprint density at radius 2 is 2.06 bits per heavy atom. The predicted molar refractivity (Wildman–Crippen MR) is 59.3 cm³/mol. The van der Waals surface area contributed by atoms with Gasteiger partial charge in [-0.25, -0.2) is 0 Å². The van der Waals surface area contributed by atoms with E-state index in [1.807, 2.05) is 0 Å². The van der Waals surface area contributed by atoms with Gasteiger partial charge >= 0.3 is 6.18 Å². The van der Waals surface area contributed by atoms with Crippen LogP contribution in [0.15, 0.2) is 12.4 Å². The van der Waals surface area contributed by atoms with E-state index in [0.717, 1.165) is 12.4 Å². The molecule has 0 fully saturated rings. The van der Waals surface area contributed by atoms with Gasteiger partial charge in [0.05, 0.1) is 24.0 Å². The van der Waals surface area contributed by atoms with Gasteiger partial charge in [0, 0.05) is 18.8 Å². The molecule has 0 aliphatic rings. The molecule has 8 heteroatoms. The topological polar surface area (TPSA) is 35.6 Å². The minimum Gasteiger partial charge on any atom is -0.268 e. The first-order chi connectivity index (χ1) is 8.29. The third kappa shape index (κ3) is 2.35. The SMILES string of the molecule is Cc1nn(C)c(Cl)c1Cn1cc(C(F)(F)F)cn1. The highest BCUT2D eigenvalue weighted by Crippen LogP contribution is 2.29. The molecular weight excluding hydrogens is 269 g/mol. The van der Waals surface area contributed by atoms with Crippen LogP contribution >= 0.6 is 11.6 Å². The number of aryl methyl sites for hydroxylation is 2. The Balaban J connectivity index is 2.27. The van der Waals surface area contributed by atoms with Crippen LogP contribution in [0.2, 0.25) is 5.15 Å². The van der Waals surface area contributed by atoms with E-state index < -0.39 is 11.7 Å². The first-order valence-electron chi connectivity index (χ1n) is 5.06. The molecule has 2 aromatic heterocycles. The number of aromatic nitrogens is 4. The minimum atomic E-state index is -4.38. The van der Waals surface area contributed by atoms with Crippen LogP contribution in [-0.2, 0) is 19.8 Å². The third-order valence-corrected chi connectivity index (χ3v) is 3.02. The van der Waals surface area contributed by atoms with Crippen molar-refractivity contribution in [2.75, 3.05) is 0 Å². The molecule has 0 aliphatic heterocycles. The summed E-state index contributed by atoms with van der Waals surface area (Å²) in [7, 11) is 1.67. The number of halogens is 4. The van der Waals surface area contributed by atoms with Gasteiger partial charge in [0.1, 0.15) is 5.15 Å². The lowest BCUT2D eigenvalue weighted by Crippen LogP contribution is -2.04. The maximum absolute atomic E-state index is 12.4. The lowest BCUT2D eigenvalue weighted by molar-refractivity contribution is -0.137. The summed E-state index contributed by atoms with van der Waals surface area (Å²) in [4.78, 5) is 0. The van der Waals surface area contributed by atoms with Crippen LogP contribution in [0.3, 0.4) is 0 Å². The lowest BCUT2D eigenvalue weighted by Gasteiger charge is -2.02. The Kier molecular flexibility index (Phi) is 3.10. The Morgan fingerprint density at radius 1 is 1.39 bits per heavy atom. The summed E-state index contributed by atoms with van der Waals surface area (Å²) in [6.45, 7) is 1.91. The summed E-state index contributed by atoms with van der Waals surface area (Å²) >= 11 is 6.00. The average molecular weight is 279 g/mol. The molecule has 2 heterocycles. The molecule has 0 spiro atoms. The molecular formula is C10H10ClF3N4. The summed E-state index contributed by atoms with van der Waals surface area (Å²) in [5.41, 5.74) is 0.558. The fraction of sp³-hybridized carbons (Fsp3) is 0.400. The standard InChI is InChI=1S/C10H10ClF3N4/c1-6-8(9(11)17(2)16-6)5-18-4-7(3-15-18)10(12,13)14/h3-4H,5H2,1-2H3. The van der Waals surface area contributed by atoms with Gasteiger partial charge in [-0.05, 0) is 6.92 Å². The Morgan fingerprint density at radius 3 is 2.50 bits per heavy atom. The Bertz CT molecular complexity index is 570. The predicted octanol–water partition coefficient (Wildman–Crippen LogP) is 2.65. The van der Waals surface area contributed by atoms with Crippen molar-refractivity contribution in [2.45, 2.75) is 19.6 Å². The molecule has 98 valence electrons. The maximum Gasteiger partial charge on any atom is 0.419 e. The molecule has 18 heavy (non-hydrogen) atoms. The van der Waals surface area contributed by atoms with Crippen molar-refractivity contribution in [3.8, 4) is 0 Å². The third-order valence-electron chi connectivity index (χ3n) is 2.55. The van der Waals surface area contributed by atoms with Gasteiger partial charge in [-0.15, -0.1) is 0 Å². The van der Waals surface area contributed by atoms with Gasteiger partial charge in [-0.3, -0.25) is 9.36 Å². The first-order valence-corrected chi connectivity index (χ1v) is 5.44. The van der Waals surface area contributed by atoms with Crippen LogP contribution in [0.1, 0.15) is 16.8 Å². The number of nitrogens with zero attached hydrogens (tertiary/aromatic N) is 4. The molecule has 0 atom stereocenters. The number of rotatable bonds is 2. The van der Waals surface area contributed by atoms with Crippen LogP contribution in [0, 0.1) is 6.92 Å². The second kappa shape index (κ2) is 4.31. The van der Waals surface area contributed by atoms with Gasteiger partial charge in [0.15, 0.2) is 0 Å². The molecule has 0 N–H and O–H groups in total. The number of hydrogen-bond acceptors (Lipinski definition) is 2. The average Bonchev–Trinajstić information content (AvgIpc) is 2.80. The van der Waals surface area contributed by atoms with E-state index in [2.05, 4.69) is 10.2 Å². The van der Waals surface area contributed by atoms with Crippen LogP contribution < -0.4 is 0 Å². The van der Waals surface area contributed by atoms with Crippen LogP contribution in [0.25, 0.3) is 0 Å². The van der Waals surface area contributed by atoms with Gasteiger partial charge in [-0.1, -0.05) is 11.6 Å². The summed E-state index contributed by atoms with van der Waals surface area (Å²) in [5.74, 6) is 0. The summed E-state index contributed by atoms with van der Waals surface area (Å²) in [6.07, 6.45) is -2.64. The zero-order valence-electron chi connectivity index (χ0n) is 9.66. The van der Waals surface area contributed by atoms with E-state index in [-0.39, 0.29) is 6.54 Å². The minimum absolute atomic E-state index is 0.161. The molecule has 0 unspecified atom stereocenters. The molecule has 0 saturated carbocycles. The van der Waals surface area contributed by atoms with E-state index in [0.29, 0.717) is 16.4 Å². The molecule has 0 aliphatic carbocycles. The second-order valence-corrected chi connectivity index (χ2v) is 4.26. The highest BCUT2D eigenvalue weighted by molar-refractivity contribution is 6.30. The van der Waals surface area contributed by atoms with Gasteiger partial charge in [0.2, 0.25) is 0 Å². The highest BCUT2D eigenvalue weighted by atomic mass is 35.5. The smallest absolute Gasteiger partial charge is 0.268 e. The number of alkyl halides is 3. The van der Waals surface area contributed by atoms with E-state index in [1.165, 1.54) is 9.36 Å². The van der Waals surface area contributed by atoms with Gasteiger partial charge < -0.3 is 0 Å². The zero-order valence-corrected chi connectivity index (χ0v) is 10.4. The first kappa shape index (κ1) is 12.9. The summed E-state index contributed by atoms with van der Waals surface area (Å²) in [6, 6.07) is 0. The van der Waals surface area contributed by atoms with Crippen molar-refractivity contribution in [3.63, 3.8) is 0 Å². The molecule has 0 bridgehead atoms.